The summed E-state index contributed by atoms with van der Waals surface area (Å²) in [5.41, 5.74) is 7.18. The lowest BCUT2D eigenvalue weighted by atomic mass is 9.92. The zero-order valence-corrected chi connectivity index (χ0v) is 13.2. The molecule has 0 saturated carbocycles. The van der Waals surface area contributed by atoms with Crippen LogP contribution in [0.5, 0.6) is 5.75 Å². The fraction of sp³-hybridized carbons (Fsp3) is 0.333. The molecule has 1 aliphatic heterocycles. The molecule has 0 unspecified atom stereocenters. The third kappa shape index (κ3) is 2.60. The lowest BCUT2D eigenvalue weighted by molar-refractivity contribution is -0.137. The summed E-state index contributed by atoms with van der Waals surface area (Å²) in [4.78, 5) is 0. The number of phenols is 1. The first-order valence-corrected chi connectivity index (χ1v) is 7.80. The van der Waals surface area contributed by atoms with Crippen LogP contribution in [0.25, 0.3) is 11.3 Å². The second-order valence-electron chi connectivity index (χ2n) is 5.82. The molecule has 8 heteroatoms. The van der Waals surface area contributed by atoms with Gasteiger partial charge in [0.15, 0.2) is 5.82 Å². The maximum absolute atomic E-state index is 12.7. The topological polar surface area (TPSA) is 72.0 Å². The molecule has 0 saturated heterocycles. The number of hydrogen-bond acceptors (Lipinski definition) is 5. The van der Waals surface area contributed by atoms with Gasteiger partial charge in [0.1, 0.15) is 11.4 Å². The van der Waals surface area contributed by atoms with Crippen molar-refractivity contribution >= 4 is 17.6 Å². The van der Waals surface area contributed by atoms with Crippen LogP contribution in [-0.2, 0) is 16.7 Å². The van der Waals surface area contributed by atoms with Gasteiger partial charge in [0.25, 0.3) is 0 Å². The summed E-state index contributed by atoms with van der Waals surface area (Å²) in [6.07, 6.45) is -4.51. The summed E-state index contributed by atoms with van der Waals surface area (Å²) in [6, 6.07) is 2.85. The average Bonchev–Trinajstić information content (AvgIpc) is 2.76. The Morgan fingerprint density at radius 3 is 2.57 bits per heavy atom. The van der Waals surface area contributed by atoms with E-state index < -0.39 is 17.5 Å². The van der Waals surface area contributed by atoms with E-state index in [2.05, 4.69) is 10.2 Å². The Hall–Kier alpha value is -1.96. The molecule has 23 heavy (non-hydrogen) atoms. The van der Waals surface area contributed by atoms with Crippen LogP contribution in [0.4, 0.5) is 19.0 Å². The Morgan fingerprint density at radius 2 is 1.96 bits per heavy atom. The van der Waals surface area contributed by atoms with Crippen molar-refractivity contribution in [1.82, 2.24) is 10.2 Å². The van der Waals surface area contributed by atoms with Crippen LogP contribution in [0.1, 0.15) is 30.5 Å². The summed E-state index contributed by atoms with van der Waals surface area (Å²) in [6.45, 7) is 3.96. The molecule has 2 heterocycles. The lowest BCUT2D eigenvalue weighted by Crippen LogP contribution is -2.13. The number of anilines is 1. The molecule has 3 N–H and O–H groups in total. The zero-order chi connectivity index (χ0) is 17.0. The molecule has 122 valence electrons. The third-order valence-electron chi connectivity index (χ3n) is 3.87. The van der Waals surface area contributed by atoms with Crippen LogP contribution in [-0.4, -0.2) is 15.3 Å². The van der Waals surface area contributed by atoms with Gasteiger partial charge in [-0.3, -0.25) is 0 Å². The highest BCUT2D eigenvalue weighted by atomic mass is 32.2. The van der Waals surface area contributed by atoms with Crippen molar-refractivity contribution in [3.05, 3.63) is 34.9 Å². The normalized spacial score (nSPS) is 16.4. The minimum absolute atomic E-state index is 0.220. The molecule has 0 fully saturated rings. The smallest absolute Gasteiger partial charge is 0.416 e. The van der Waals surface area contributed by atoms with Gasteiger partial charge in [-0.2, -0.15) is 13.2 Å². The molecule has 0 amide bonds. The van der Waals surface area contributed by atoms with Gasteiger partial charge in [-0.1, -0.05) is 0 Å². The van der Waals surface area contributed by atoms with Crippen LogP contribution < -0.4 is 5.73 Å². The molecular weight excluding hydrogens is 327 g/mol. The van der Waals surface area contributed by atoms with Gasteiger partial charge >= 0.3 is 6.18 Å². The number of phenolic OH excluding ortho intramolecular Hbond substituents is 1. The number of rotatable bonds is 1. The van der Waals surface area contributed by atoms with E-state index in [-0.39, 0.29) is 10.3 Å². The van der Waals surface area contributed by atoms with Crippen LogP contribution in [0.2, 0.25) is 0 Å². The van der Waals surface area contributed by atoms with Crippen LogP contribution in [0.3, 0.4) is 0 Å². The van der Waals surface area contributed by atoms with E-state index in [1.807, 2.05) is 13.8 Å². The quantitative estimate of drug-likeness (QED) is 0.822. The first-order valence-electron chi connectivity index (χ1n) is 6.81. The number of nitrogens with two attached hydrogens (primary N) is 1. The third-order valence-corrected chi connectivity index (χ3v) is 5.22. The minimum Gasteiger partial charge on any atom is -0.507 e. The number of aromatic hydroxyl groups is 1. The van der Waals surface area contributed by atoms with Crippen molar-refractivity contribution in [3.63, 3.8) is 0 Å². The molecule has 1 aromatic heterocycles. The standard InChI is InChI=1S/C15H14F3N3OS/c1-14(2)11-9(6-23-14)13(19)21-20-12(11)8-4-3-7(5-10(8)22)15(16,17)18/h3-5,22H,6H2,1-2H3,(H2,19,21). The molecule has 0 atom stereocenters. The number of fused-ring (bicyclic) bond motifs is 1. The number of nitrogens with zero attached hydrogens (tertiary/aromatic N) is 2. The monoisotopic (exact) mass is 341 g/mol. The van der Waals surface area contributed by atoms with E-state index in [0.717, 1.165) is 17.2 Å². The fourth-order valence-electron chi connectivity index (χ4n) is 2.70. The maximum Gasteiger partial charge on any atom is 0.416 e. The maximum atomic E-state index is 12.7. The van der Waals surface area contributed by atoms with Crippen molar-refractivity contribution in [2.45, 2.75) is 30.5 Å². The van der Waals surface area contributed by atoms with Gasteiger partial charge in [0.2, 0.25) is 0 Å². The molecule has 3 rings (SSSR count). The highest BCUT2D eigenvalue weighted by molar-refractivity contribution is 7.99. The Morgan fingerprint density at radius 1 is 1.26 bits per heavy atom. The first-order chi connectivity index (χ1) is 10.6. The Kier molecular flexibility index (Phi) is 3.47. The largest absolute Gasteiger partial charge is 0.507 e. The van der Waals surface area contributed by atoms with Crippen molar-refractivity contribution < 1.29 is 18.3 Å². The van der Waals surface area contributed by atoms with Crippen LogP contribution >= 0.6 is 11.8 Å². The van der Waals surface area contributed by atoms with Gasteiger partial charge < -0.3 is 10.8 Å². The summed E-state index contributed by atoms with van der Waals surface area (Å²) < 4.78 is 37.9. The van der Waals surface area contributed by atoms with E-state index in [1.54, 1.807) is 11.8 Å². The number of alkyl halides is 3. The van der Waals surface area contributed by atoms with Gasteiger partial charge in [-0.25, -0.2) is 0 Å². The van der Waals surface area contributed by atoms with Crippen molar-refractivity contribution in [2.75, 3.05) is 5.73 Å². The molecule has 0 bridgehead atoms. The van der Waals surface area contributed by atoms with E-state index in [9.17, 15) is 18.3 Å². The number of hydrogen-bond donors (Lipinski definition) is 2. The molecule has 0 spiro atoms. The molecular formula is C15H14F3N3OS. The molecule has 2 aromatic rings. The van der Waals surface area contributed by atoms with Crippen molar-refractivity contribution in [1.29, 1.82) is 0 Å². The Bertz CT molecular complexity index is 790. The summed E-state index contributed by atoms with van der Waals surface area (Å²) in [5, 5.41) is 18.0. The number of benzene rings is 1. The van der Waals surface area contributed by atoms with E-state index in [1.165, 1.54) is 6.07 Å². The lowest BCUT2D eigenvalue weighted by Gasteiger charge is -2.21. The Balaban J connectivity index is 2.20. The number of halogens is 3. The highest BCUT2D eigenvalue weighted by Crippen LogP contribution is 2.52. The number of nitrogen functional groups attached to an aromatic ring is 1. The predicted molar refractivity (Wildman–Crippen MR) is 82.9 cm³/mol. The number of thioether (sulfide) groups is 1. The molecule has 1 aliphatic rings. The van der Waals surface area contributed by atoms with E-state index in [0.29, 0.717) is 23.3 Å². The van der Waals surface area contributed by atoms with Crippen molar-refractivity contribution in [3.8, 4) is 17.0 Å². The van der Waals surface area contributed by atoms with E-state index in [4.69, 9.17) is 5.73 Å². The van der Waals surface area contributed by atoms with Crippen molar-refractivity contribution in [2.24, 2.45) is 0 Å². The number of aromatic nitrogens is 2. The predicted octanol–water partition coefficient (Wildman–Crippen LogP) is 3.93. The average molecular weight is 341 g/mol. The van der Waals surface area contributed by atoms with Gasteiger partial charge in [0, 0.05) is 27.2 Å². The Labute approximate surface area is 134 Å². The zero-order valence-electron chi connectivity index (χ0n) is 12.4. The molecule has 4 nitrogen and oxygen atoms in total. The second kappa shape index (κ2) is 5.02. The van der Waals surface area contributed by atoms with Gasteiger partial charge in [-0.05, 0) is 32.0 Å². The first kappa shape index (κ1) is 15.9. The van der Waals surface area contributed by atoms with Crippen LogP contribution in [0, 0.1) is 0 Å². The minimum atomic E-state index is -4.51. The summed E-state index contributed by atoms with van der Waals surface area (Å²) in [7, 11) is 0. The van der Waals surface area contributed by atoms with Gasteiger partial charge in [0.05, 0.1) is 5.56 Å². The summed E-state index contributed by atoms with van der Waals surface area (Å²) >= 11 is 1.64. The second-order valence-corrected chi connectivity index (χ2v) is 7.41. The fourth-order valence-corrected chi connectivity index (χ4v) is 3.86. The highest BCUT2D eigenvalue weighted by Gasteiger charge is 2.37. The molecule has 0 aliphatic carbocycles. The van der Waals surface area contributed by atoms with Gasteiger partial charge in [-0.15, -0.1) is 22.0 Å². The molecule has 0 radical (unpaired) electrons. The van der Waals surface area contributed by atoms with E-state index >= 15 is 0 Å². The molecule has 1 aromatic carbocycles. The van der Waals surface area contributed by atoms with Crippen LogP contribution in [0.15, 0.2) is 18.2 Å². The SMILES string of the molecule is CC1(C)SCc2c(N)nnc(-c3ccc(C(F)(F)F)cc3O)c21. The summed E-state index contributed by atoms with van der Waals surface area (Å²) in [5.74, 6) is 0.486.